The van der Waals surface area contributed by atoms with Crippen LogP contribution in [0.3, 0.4) is 0 Å². The van der Waals surface area contributed by atoms with E-state index in [1.54, 1.807) is 13.2 Å². The second-order valence-electron chi connectivity index (χ2n) is 2.65. The molecule has 0 aliphatic heterocycles. The second kappa shape index (κ2) is 3.64. The lowest BCUT2D eigenvalue weighted by atomic mass is 9.92. The van der Waals surface area contributed by atoms with E-state index in [0.717, 1.165) is 0 Å². The van der Waals surface area contributed by atoms with Gasteiger partial charge in [0.05, 0.1) is 12.7 Å². The van der Waals surface area contributed by atoms with E-state index in [2.05, 4.69) is 0 Å². The lowest BCUT2D eigenvalue weighted by molar-refractivity contribution is -0.118. The number of ketones is 1. The van der Waals surface area contributed by atoms with E-state index < -0.39 is 0 Å². The molecule has 3 nitrogen and oxygen atoms in total. The number of aliphatic hydroxyl groups excluding tert-OH is 1. The molecule has 0 fully saturated rings. The number of aliphatic hydroxyl groups is 1. The summed E-state index contributed by atoms with van der Waals surface area (Å²) < 4.78 is 5.03. The summed E-state index contributed by atoms with van der Waals surface area (Å²) in [5.74, 6) is 0.0549. The molecule has 0 unspecified atom stereocenters. The molecule has 0 radical (unpaired) electrons. The number of ether oxygens (including phenoxy) is 1. The van der Waals surface area contributed by atoms with E-state index in [1.165, 1.54) is 6.08 Å². The average Bonchev–Trinajstić information content (AvgIpc) is 2.04. The van der Waals surface area contributed by atoms with E-state index in [0.29, 0.717) is 6.42 Å². The Morgan fingerprint density at radius 2 is 2.55 bits per heavy atom. The third kappa shape index (κ3) is 1.88. The first kappa shape index (κ1) is 8.43. The predicted molar refractivity (Wildman–Crippen MR) is 40.1 cm³/mol. The van der Waals surface area contributed by atoms with Gasteiger partial charge in [-0.3, -0.25) is 4.79 Å². The van der Waals surface area contributed by atoms with E-state index in [1.807, 2.05) is 0 Å². The quantitative estimate of drug-likeness (QED) is 0.618. The molecule has 1 aliphatic rings. The molecular formula is C8H12O3. The highest BCUT2D eigenvalue weighted by Crippen LogP contribution is 2.17. The number of methoxy groups -OCH3 is 1. The highest BCUT2D eigenvalue weighted by atomic mass is 16.5. The number of hydrogen-bond donors (Lipinski definition) is 1. The van der Waals surface area contributed by atoms with Crippen LogP contribution >= 0.6 is 0 Å². The number of carbonyl (C=O) groups excluding carboxylic acids is 1. The van der Waals surface area contributed by atoms with E-state index in [4.69, 9.17) is 9.84 Å². The molecule has 0 aromatic carbocycles. The fourth-order valence-corrected chi connectivity index (χ4v) is 1.21. The summed E-state index contributed by atoms with van der Waals surface area (Å²) in [6.07, 6.45) is 3.46. The van der Waals surface area contributed by atoms with Crippen LogP contribution in [0.1, 0.15) is 6.42 Å². The number of carbonyl (C=O) groups is 1. The maximum Gasteiger partial charge on any atom is 0.157 e. The Kier molecular flexibility index (Phi) is 2.79. The number of hydrogen-bond acceptors (Lipinski definition) is 3. The molecule has 0 saturated heterocycles. The zero-order valence-corrected chi connectivity index (χ0v) is 6.49. The zero-order valence-electron chi connectivity index (χ0n) is 6.49. The van der Waals surface area contributed by atoms with Crippen LogP contribution in [0, 0.1) is 5.92 Å². The van der Waals surface area contributed by atoms with Crippen LogP contribution in [0.15, 0.2) is 12.2 Å². The van der Waals surface area contributed by atoms with Gasteiger partial charge in [-0.1, -0.05) is 6.08 Å². The van der Waals surface area contributed by atoms with Crippen LogP contribution < -0.4 is 0 Å². The van der Waals surface area contributed by atoms with Crippen molar-refractivity contribution < 1.29 is 14.6 Å². The maximum absolute atomic E-state index is 10.8. The summed E-state index contributed by atoms with van der Waals surface area (Å²) in [6.45, 7) is 0.0439. The topological polar surface area (TPSA) is 46.5 Å². The fourth-order valence-electron chi connectivity index (χ4n) is 1.21. The van der Waals surface area contributed by atoms with Crippen molar-refractivity contribution in [2.45, 2.75) is 12.5 Å². The van der Waals surface area contributed by atoms with E-state index in [9.17, 15) is 4.79 Å². The summed E-state index contributed by atoms with van der Waals surface area (Å²) in [5.41, 5.74) is 0. The maximum atomic E-state index is 10.8. The van der Waals surface area contributed by atoms with Crippen molar-refractivity contribution in [1.29, 1.82) is 0 Å². The summed E-state index contributed by atoms with van der Waals surface area (Å²) in [5, 5.41) is 8.84. The summed E-state index contributed by atoms with van der Waals surface area (Å²) in [4.78, 5) is 10.8. The second-order valence-corrected chi connectivity index (χ2v) is 2.65. The monoisotopic (exact) mass is 156 g/mol. The SMILES string of the molecule is CO[C@@H]1CC(=O)C=C[C@@H]1CO. The molecule has 0 saturated carbocycles. The molecule has 3 heteroatoms. The van der Waals surface area contributed by atoms with Crippen molar-refractivity contribution in [3.8, 4) is 0 Å². The largest absolute Gasteiger partial charge is 0.396 e. The first-order valence-corrected chi connectivity index (χ1v) is 3.62. The van der Waals surface area contributed by atoms with Crippen molar-refractivity contribution in [2.24, 2.45) is 5.92 Å². The Labute approximate surface area is 65.7 Å². The van der Waals surface area contributed by atoms with Gasteiger partial charge in [-0.2, -0.15) is 0 Å². The number of rotatable bonds is 2. The van der Waals surface area contributed by atoms with Crippen LogP contribution in [-0.2, 0) is 9.53 Å². The van der Waals surface area contributed by atoms with Crippen molar-refractivity contribution in [1.82, 2.24) is 0 Å². The Morgan fingerprint density at radius 3 is 3.09 bits per heavy atom. The standard InChI is InChI=1S/C8H12O3/c1-11-8-4-7(10)3-2-6(8)5-9/h2-3,6,8-9H,4-5H2,1H3/t6-,8-/m1/s1. The normalized spacial score (nSPS) is 30.9. The minimum Gasteiger partial charge on any atom is -0.396 e. The Hall–Kier alpha value is -0.670. The minimum atomic E-state index is -0.141. The predicted octanol–water partition coefficient (Wildman–Crippen LogP) is 0.139. The molecule has 0 bridgehead atoms. The highest BCUT2D eigenvalue weighted by molar-refractivity contribution is 5.90. The van der Waals surface area contributed by atoms with Gasteiger partial charge in [-0.05, 0) is 6.08 Å². The lowest BCUT2D eigenvalue weighted by Crippen LogP contribution is -2.29. The van der Waals surface area contributed by atoms with Gasteiger partial charge in [0, 0.05) is 19.4 Å². The minimum absolute atomic E-state index is 0.0160. The third-order valence-electron chi connectivity index (χ3n) is 1.92. The molecule has 62 valence electrons. The molecule has 2 atom stereocenters. The molecule has 0 amide bonds. The van der Waals surface area contributed by atoms with Gasteiger partial charge < -0.3 is 9.84 Å². The third-order valence-corrected chi connectivity index (χ3v) is 1.92. The van der Waals surface area contributed by atoms with Crippen molar-refractivity contribution >= 4 is 5.78 Å². The van der Waals surface area contributed by atoms with Crippen molar-refractivity contribution in [2.75, 3.05) is 13.7 Å². The van der Waals surface area contributed by atoms with Gasteiger partial charge in [-0.15, -0.1) is 0 Å². The van der Waals surface area contributed by atoms with Gasteiger partial charge in [-0.25, -0.2) is 0 Å². The first-order chi connectivity index (χ1) is 5.27. The van der Waals surface area contributed by atoms with Crippen LogP contribution in [-0.4, -0.2) is 30.7 Å². The molecular weight excluding hydrogens is 144 g/mol. The van der Waals surface area contributed by atoms with Gasteiger partial charge in [0.2, 0.25) is 0 Å². The van der Waals surface area contributed by atoms with Crippen LogP contribution in [0.5, 0.6) is 0 Å². The molecule has 1 rings (SSSR count). The van der Waals surface area contributed by atoms with Crippen LogP contribution in [0.2, 0.25) is 0 Å². The summed E-state index contributed by atoms with van der Waals surface area (Å²) in [6, 6.07) is 0. The molecule has 1 N–H and O–H groups in total. The lowest BCUT2D eigenvalue weighted by Gasteiger charge is -2.23. The van der Waals surface area contributed by atoms with E-state index >= 15 is 0 Å². The molecule has 1 aliphatic carbocycles. The first-order valence-electron chi connectivity index (χ1n) is 3.62. The van der Waals surface area contributed by atoms with Crippen molar-refractivity contribution in [3.05, 3.63) is 12.2 Å². The van der Waals surface area contributed by atoms with Crippen LogP contribution in [0.25, 0.3) is 0 Å². The highest BCUT2D eigenvalue weighted by Gasteiger charge is 2.24. The number of allylic oxidation sites excluding steroid dienone is 1. The summed E-state index contributed by atoms with van der Waals surface area (Å²) in [7, 11) is 1.56. The fraction of sp³-hybridized carbons (Fsp3) is 0.625. The van der Waals surface area contributed by atoms with Gasteiger partial charge in [0.1, 0.15) is 0 Å². The molecule has 0 spiro atoms. The molecule has 0 aromatic heterocycles. The van der Waals surface area contributed by atoms with Crippen LogP contribution in [0.4, 0.5) is 0 Å². The van der Waals surface area contributed by atoms with Gasteiger partial charge in [0.15, 0.2) is 5.78 Å². The molecule has 11 heavy (non-hydrogen) atoms. The smallest absolute Gasteiger partial charge is 0.157 e. The Balaban J connectivity index is 2.63. The van der Waals surface area contributed by atoms with E-state index in [-0.39, 0.29) is 24.4 Å². The van der Waals surface area contributed by atoms with Crippen molar-refractivity contribution in [3.63, 3.8) is 0 Å². The zero-order chi connectivity index (χ0) is 8.27. The average molecular weight is 156 g/mol. The van der Waals surface area contributed by atoms with Gasteiger partial charge >= 0.3 is 0 Å². The Morgan fingerprint density at radius 1 is 1.82 bits per heavy atom. The molecule has 0 heterocycles. The molecule has 0 aromatic rings. The van der Waals surface area contributed by atoms with Gasteiger partial charge in [0.25, 0.3) is 0 Å². The summed E-state index contributed by atoms with van der Waals surface area (Å²) >= 11 is 0. The Bertz CT molecular complexity index is 174.